The summed E-state index contributed by atoms with van der Waals surface area (Å²) in [6, 6.07) is 6.98. The van der Waals surface area contributed by atoms with E-state index in [1.54, 1.807) is 26.0 Å². The topological polar surface area (TPSA) is 80.5 Å². The van der Waals surface area contributed by atoms with Crippen LogP contribution in [0.15, 0.2) is 29.2 Å². The van der Waals surface area contributed by atoms with Crippen molar-refractivity contribution >= 4 is 21.4 Å². The van der Waals surface area contributed by atoms with Crippen LogP contribution in [0.25, 0.3) is 0 Å². The number of nitrogens with zero attached hydrogens (tertiary/aromatic N) is 1. The molecule has 21 heavy (non-hydrogen) atoms. The molecule has 1 aliphatic heterocycles. The van der Waals surface area contributed by atoms with Gasteiger partial charge in [0, 0.05) is 24.7 Å². The predicted octanol–water partition coefficient (Wildman–Crippen LogP) is 1.57. The van der Waals surface area contributed by atoms with Crippen molar-refractivity contribution in [3.63, 3.8) is 0 Å². The van der Waals surface area contributed by atoms with Gasteiger partial charge in [0.1, 0.15) is 0 Å². The highest BCUT2D eigenvalue weighted by Crippen LogP contribution is 2.25. The van der Waals surface area contributed by atoms with Gasteiger partial charge in [0.2, 0.25) is 5.91 Å². The van der Waals surface area contributed by atoms with Gasteiger partial charge in [-0.15, -0.1) is 0 Å². The summed E-state index contributed by atoms with van der Waals surface area (Å²) in [5.41, 5.74) is 6.31. The number of anilines is 1. The molecule has 0 saturated carbocycles. The standard InChI is InChI=1S/C15H22N2O3S/c1-11(2)21(19,20)14-5-3-13(4-6-14)17-9-7-12(8-10-17)15(16)18/h3-6,11-12H,7-10H2,1-2H3,(H2,16,18). The third-order valence-electron chi connectivity index (χ3n) is 4.05. The van der Waals surface area contributed by atoms with E-state index in [2.05, 4.69) is 4.90 Å². The summed E-state index contributed by atoms with van der Waals surface area (Å²) in [7, 11) is -3.22. The third-order valence-corrected chi connectivity index (χ3v) is 6.22. The molecule has 0 spiro atoms. The summed E-state index contributed by atoms with van der Waals surface area (Å²) in [6.07, 6.45) is 1.50. The number of piperidine rings is 1. The number of carbonyl (C=O) groups excluding carboxylic acids is 1. The van der Waals surface area contributed by atoms with E-state index < -0.39 is 15.1 Å². The van der Waals surface area contributed by atoms with Crippen LogP contribution in [0.4, 0.5) is 5.69 Å². The lowest BCUT2D eigenvalue weighted by molar-refractivity contribution is -0.122. The van der Waals surface area contributed by atoms with E-state index in [1.807, 2.05) is 12.1 Å². The molecule has 1 fully saturated rings. The highest BCUT2D eigenvalue weighted by Gasteiger charge is 2.24. The zero-order valence-corrected chi connectivity index (χ0v) is 13.3. The molecular weight excluding hydrogens is 288 g/mol. The van der Waals surface area contributed by atoms with Gasteiger partial charge in [-0.2, -0.15) is 0 Å². The minimum Gasteiger partial charge on any atom is -0.371 e. The van der Waals surface area contributed by atoms with Crippen LogP contribution in [0.1, 0.15) is 26.7 Å². The first kappa shape index (κ1) is 15.8. The zero-order valence-electron chi connectivity index (χ0n) is 12.5. The van der Waals surface area contributed by atoms with Gasteiger partial charge in [0.05, 0.1) is 10.1 Å². The Morgan fingerprint density at radius 1 is 1.19 bits per heavy atom. The molecule has 0 atom stereocenters. The quantitative estimate of drug-likeness (QED) is 0.915. The predicted molar refractivity (Wildman–Crippen MR) is 82.9 cm³/mol. The SMILES string of the molecule is CC(C)S(=O)(=O)c1ccc(N2CCC(C(N)=O)CC2)cc1. The summed E-state index contributed by atoms with van der Waals surface area (Å²) in [6.45, 7) is 4.89. The van der Waals surface area contributed by atoms with Gasteiger partial charge in [-0.3, -0.25) is 4.79 Å². The second kappa shape index (κ2) is 6.05. The Bertz CT molecular complexity index is 600. The van der Waals surface area contributed by atoms with E-state index in [4.69, 9.17) is 5.73 Å². The molecule has 116 valence electrons. The second-order valence-electron chi connectivity index (χ2n) is 5.75. The molecule has 5 nitrogen and oxygen atoms in total. The van der Waals surface area contributed by atoms with E-state index in [9.17, 15) is 13.2 Å². The molecule has 0 aromatic heterocycles. The number of primary amides is 1. The summed E-state index contributed by atoms with van der Waals surface area (Å²) in [4.78, 5) is 13.7. The lowest BCUT2D eigenvalue weighted by Crippen LogP contribution is -2.38. The molecule has 1 aromatic carbocycles. The number of hydrogen-bond donors (Lipinski definition) is 1. The Hall–Kier alpha value is -1.56. The number of amides is 1. The molecular formula is C15H22N2O3S. The fourth-order valence-corrected chi connectivity index (χ4v) is 3.60. The molecule has 2 N–H and O–H groups in total. The van der Waals surface area contributed by atoms with Gasteiger partial charge in [0.15, 0.2) is 9.84 Å². The molecule has 1 saturated heterocycles. The van der Waals surface area contributed by atoms with Gasteiger partial charge in [-0.1, -0.05) is 0 Å². The minimum absolute atomic E-state index is 0.0400. The Morgan fingerprint density at radius 2 is 1.71 bits per heavy atom. The molecule has 1 aliphatic rings. The molecule has 1 amide bonds. The second-order valence-corrected chi connectivity index (χ2v) is 8.26. The molecule has 0 aliphatic carbocycles. The van der Waals surface area contributed by atoms with E-state index in [-0.39, 0.29) is 11.8 Å². The highest BCUT2D eigenvalue weighted by atomic mass is 32.2. The van der Waals surface area contributed by atoms with Crippen LogP contribution < -0.4 is 10.6 Å². The molecule has 1 aromatic rings. The van der Waals surface area contributed by atoms with Crippen LogP contribution in [-0.4, -0.2) is 32.7 Å². The molecule has 0 bridgehead atoms. The lowest BCUT2D eigenvalue weighted by Gasteiger charge is -2.32. The number of carbonyl (C=O) groups is 1. The van der Waals surface area contributed by atoms with Crippen molar-refractivity contribution in [1.29, 1.82) is 0 Å². The summed E-state index contributed by atoms with van der Waals surface area (Å²) in [5.74, 6) is -0.269. The monoisotopic (exact) mass is 310 g/mol. The fraction of sp³-hybridized carbons (Fsp3) is 0.533. The molecule has 6 heteroatoms. The third kappa shape index (κ3) is 3.37. The first-order valence-corrected chi connectivity index (χ1v) is 8.75. The van der Waals surface area contributed by atoms with Crippen molar-refractivity contribution in [1.82, 2.24) is 0 Å². The average molecular weight is 310 g/mol. The summed E-state index contributed by atoms with van der Waals surface area (Å²) < 4.78 is 24.1. The van der Waals surface area contributed by atoms with E-state index >= 15 is 0 Å². The largest absolute Gasteiger partial charge is 0.371 e. The van der Waals surface area contributed by atoms with Gasteiger partial charge < -0.3 is 10.6 Å². The summed E-state index contributed by atoms with van der Waals surface area (Å²) in [5, 5.41) is -0.422. The molecule has 0 radical (unpaired) electrons. The van der Waals surface area contributed by atoms with Gasteiger partial charge in [0.25, 0.3) is 0 Å². The van der Waals surface area contributed by atoms with Crippen molar-refractivity contribution in [2.24, 2.45) is 11.7 Å². The van der Waals surface area contributed by atoms with Gasteiger partial charge >= 0.3 is 0 Å². The fourth-order valence-electron chi connectivity index (χ4n) is 2.54. The Balaban J connectivity index is 2.09. The highest BCUT2D eigenvalue weighted by molar-refractivity contribution is 7.92. The van der Waals surface area contributed by atoms with Crippen molar-refractivity contribution in [2.75, 3.05) is 18.0 Å². The van der Waals surface area contributed by atoms with Crippen LogP contribution in [0.3, 0.4) is 0 Å². The maximum atomic E-state index is 12.1. The van der Waals surface area contributed by atoms with Crippen LogP contribution in [0.2, 0.25) is 0 Å². The first-order chi connectivity index (χ1) is 9.82. The molecule has 1 heterocycles. The van der Waals surface area contributed by atoms with Crippen molar-refractivity contribution in [3.05, 3.63) is 24.3 Å². The van der Waals surface area contributed by atoms with E-state index in [0.29, 0.717) is 4.90 Å². The number of rotatable bonds is 4. The van der Waals surface area contributed by atoms with Crippen molar-refractivity contribution < 1.29 is 13.2 Å². The Kier molecular flexibility index (Phi) is 4.56. The molecule has 2 rings (SSSR count). The number of nitrogens with two attached hydrogens (primary N) is 1. The van der Waals surface area contributed by atoms with Gasteiger partial charge in [-0.25, -0.2) is 8.42 Å². The Labute approximate surface area is 126 Å². The maximum Gasteiger partial charge on any atom is 0.220 e. The van der Waals surface area contributed by atoms with E-state index in [1.165, 1.54) is 0 Å². The van der Waals surface area contributed by atoms with Crippen molar-refractivity contribution in [3.8, 4) is 0 Å². The normalized spacial score (nSPS) is 17.2. The van der Waals surface area contributed by atoms with Crippen LogP contribution >= 0.6 is 0 Å². The van der Waals surface area contributed by atoms with Crippen LogP contribution in [0.5, 0.6) is 0 Å². The van der Waals surface area contributed by atoms with Gasteiger partial charge in [-0.05, 0) is 51.0 Å². The summed E-state index contributed by atoms with van der Waals surface area (Å²) >= 11 is 0. The number of benzene rings is 1. The number of sulfone groups is 1. The Morgan fingerprint density at radius 3 is 2.14 bits per heavy atom. The molecule has 0 unspecified atom stereocenters. The zero-order chi connectivity index (χ0) is 15.6. The average Bonchev–Trinajstić information content (AvgIpc) is 2.47. The van der Waals surface area contributed by atoms with Crippen LogP contribution in [-0.2, 0) is 14.6 Å². The maximum absolute atomic E-state index is 12.1. The first-order valence-electron chi connectivity index (χ1n) is 7.20. The smallest absolute Gasteiger partial charge is 0.220 e. The minimum atomic E-state index is -3.22. The van der Waals surface area contributed by atoms with E-state index in [0.717, 1.165) is 31.6 Å². The number of hydrogen-bond acceptors (Lipinski definition) is 4. The van der Waals surface area contributed by atoms with Crippen LogP contribution in [0, 0.1) is 5.92 Å². The van der Waals surface area contributed by atoms with Crippen molar-refractivity contribution in [2.45, 2.75) is 36.8 Å². The lowest BCUT2D eigenvalue weighted by atomic mass is 9.96.